The van der Waals surface area contributed by atoms with Gasteiger partial charge in [-0.15, -0.1) is 11.8 Å². The minimum absolute atomic E-state index is 0.227. The van der Waals surface area contributed by atoms with Crippen molar-refractivity contribution in [1.29, 1.82) is 5.26 Å². The van der Waals surface area contributed by atoms with Gasteiger partial charge in [0.05, 0.1) is 16.9 Å². The fourth-order valence-corrected chi connectivity index (χ4v) is 6.57. The third-order valence-corrected chi connectivity index (χ3v) is 8.38. The molecule has 0 amide bonds. The molecular formula is C26H26N2OS2. The van der Waals surface area contributed by atoms with Gasteiger partial charge in [-0.1, -0.05) is 73.5 Å². The normalized spacial score (nSPS) is 20.9. The van der Waals surface area contributed by atoms with Crippen LogP contribution in [0.4, 0.5) is 0 Å². The highest BCUT2D eigenvalue weighted by Gasteiger charge is 2.38. The van der Waals surface area contributed by atoms with Gasteiger partial charge in [0.25, 0.3) is 0 Å². The molecule has 1 aliphatic rings. The molecule has 158 valence electrons. The highest BCUT2D eigenvalue weighted by molar-refractivity contribution is 8.00. The summed E-state index contributed by atoms with van der Waals surface area (Å²) in [4.78, 5) is 4.89. The molecule has 4 rings (SSSR count). The van der Waals surface area contributed by atoms with Crippen molar-refractivity contribution < 1.29 is 5.11 Å². The largest absolute Gasteiger partial charge is 0.388 e. The van der Waals surface area contributed by atoms with Gasteiger partial charge in [-0.25, -0.2) is 4.98 Å². The Balaban J connectivity index is 1.76. The molecule has 0 spiro atoms. The van der Waals surface area contributed by atoms with Crippen molar-refractivity contribution in [3.8, 4) is 28.5 Å². The van der Waals surface area contributed by atoms with Gasteiger partial charge in [0.2, 0.25) is 0 Å². The summed E-state index contributed by atoms with van der Waals surface area (Å²) < 4.78 is 0. The second kappa shape index (κ2) is 9.91. The van der Waals surface area contributed by atoms with Gasteiger partial charge in [-0.05, 0) is 30.7 Å². The third-order valence-electron chi connectivity index (χ3n) is 5.92. The molecule has 3 aromatic rings. The van der Waals surface area contributed by atoms with Gasteiger partial charge >= 0.3 is 0 Å². The molecule has 0 radical (unpaired) electrons. The first-order valence-corrected chi connectivity index (χ1v) is 12.9. The molecule has 1 N–H and O–H groups in total. The molecule has 31 heavy (non-hydrogen) atoms. The summed E-state index contributed by atoms with van der Waals surface area (Å²) in [7, 11) is 0. The predicted octanol–water partition coefficient (Wildman–Crippen LogP) is 6.42. The lowest BCUT2D eigenvalue weighted by Crippen LogP contribution is -2.45. The zero-order valence-electron chi connectivity index (χ0n) is 17.6. The molecule has 1 aliphatic carbocycles. The Labute approximate surface area is 192 Å². The number of nitriles is 1. The van der Waals surface area contributed by atoms with Crippen LogP contribution >= 0.6 is 23.5 Å². The van der Waals surface area contributed by atoms with E-state index < -0.39 is 5.60 Å². The van der Waals surface area contributed by atoms with Crippen molar-refractivity contribution in [3.63, 3.8) is 0 Å². The average Bonchev–Trinajstić information content (AvgIpc) is 2.83. The van der Waals surface area contributed by atoms with Crippen molar-refractivity contribution in [2.24, 2.45) is 0 Å². The summed E-state index contributed by atoms with van der Waals surface area (Å²) in [6.07, 6.45) is 6.13. The SMILES string of the molecule is CSC1CCCCC1(O)CSc1nc(-c2ccccc2)cc(-c2ccccc2)c1C#N. The topological polar surface area (TPSA) is 56.9 Å². The molecule has 2 atom stereocenters. The van der Waals surface area contributed by atoms with Crippen LogP contribution in [0.5, 0.6) is 0 Å². The fourth-order valence-electron chi connectivity index (χ4n) is 4.22. The summed E-state index contributed by atoms with van der Waals surface area (Å²) in [5, 5.41) is 22.4. The van der Waals surface area contributed by atoms with Crippen LogP contribution < -0.4 is 0 Å². The number of aromatic nitrogens is 1. The lowest BCUT2D eigenvalue weighted by atomic mass is 9.86. The molecule has 2 unspecified atom stereocenters. The number of thioether (sulfide) groups is 2. The number of hydrogen-bond donors (Lipinski definition) is 1. The summed E-state index contributed by atoms with van der Waals surface area (Å²) in [5.41, 5.74) is 3.60. The molecule has 0 bridgehead atoms. The van der Waals surface area contributed by atoms with E-state index in [1.165, 1.54) is 18.2 Å². The van der Waals surface area contributed by atoms with E-state index >= 15 is 0 Å². The molecule has 5 heteroatoms. The van der Waals surface area contributed by atoms with Crippen LogP contribution in [0.15, 0.2) is 71.8 Å². The molecule has 1 aromatic heterocycles. The maximum absolute atomic E-state index is 11.4. The van der Waals surface area contributed by atoms with E-state index in [4.69, 9.17) is 4.98 Å². The lowest BCUT2D eigenvalue weighted by Gasteiger charge is -2.38. The number of aliphatic hydroxyl groups is 1. The Morgan fingerprint density at radius 3 is 2.39 bits per heavy atom. The standard InChI is InChI=1S/C26H26N2OS2/c1-30-24-14-8-9-15-26(24,29)18-31-25-22(17-27)21(19-10-4-2-5-11-19)16-23(28-25)20-12-6-3-7-13-20/h2-7,10-13,16,24,29H,8-9,14-15,18H2,1H3. The second-order valence-electron chi connectivity index (χ2n) is 7.94. The van der Waals surface area contributed by atoms with Gasteiger partial charge in [0.1, 0.15) is 11.1 Å². The lowest BCUT2D eigenvalue weighted by molar-refractivity contribution is 0.0340. The summed E-state index contributed by atoms with van der Waals surface area (Å²) in [6, 6.07) is 24.5. The maximum atomic E-state index is 11.4. The average molecular weight is 447 g/mol. The van der Waals surface area contributed by atoms with E-state index in [9.17, 15) is 10.4 Å². The van der Waals surface area contributed by atoms with Gasteiger partial charge in [-0.2, -0.15) is 17.0 Å². The van der Waals surface area contributed by atoms with Crippen LogP contribution in [0.1, 0.15) is 31.2 Å². The zero-order chi connectivity index (χ0) is 21.7. The molecular weight excluding hydrogens is 420 g/mol. The second-order valence-corrected chi connectivity index (χ2v) is 9.95. The quantitative estimate of drug-likeness (QED) is 0.443. The van der Waals surface area contributed by atoms with Gasteiger partial charge in [-0.3, -0.25) is 0 Å². The molecule has 2 aromatic carbocycles. The number of nitrogens with zero attached hydrogens (tertiary/aromatic N) is 2. The van der Waals surface area contributed by atoms with Crippen molar-refractivity contribution in [1.82, 2.24) is 4.98 Å². The molecule has 1 saturated carbocycles. The van der Waals surface area contributed by atoms with Crippen LogP contribution in [0.2, 0.25) is 0 Å². The van der Waals surface area contributed by atoms with E-state index in [1.54, 1.807) is 11.8 Å². The van der Waals surface area contributed by atoms with Gasteiger partial charge in [0, 0.05) is 22.1 Å². The predicted molar refractivity (Wildman–Crippen MR) is 131 cm³/mol. The third kappa shape index (κ3) is 4.82. The smallest absolute Gasteiger partial charge is 0.115 e. The van der Waals surface area contributed by atoms with E-state index in [-0.39, 0.29) is 5.25 Å². The van der Waals surface area contributed by atoms with Crippen LogP contribution in [-0.4, -0.2) is 33.0 Å². The molecule has 0 saturated heterocycles. The summed E-state index contributed by atoms with van der Waals surface area (Å²) in [5.74, 6) is 0.548. The zero-order valence-corrected chi connectivity index (χ0v) is 19.3. The number of benzene rings is 2. The van der Waals surface area contributed by atoms with E-state index in [0.717, 1.165) is 41.6 Å². The first-order chi connectivity index (χ1) is 15.1. The number of hydrogen-bond acceptors (Lipinski definition) is 5. The van der Waals surface area contributed by atoms with Gasteiger partial charge in [0.15, 0.2) is 0 Å². The first kappa shape index (κ1) is 22.0. The number of rotatable bonds is 6. The van der Waals surface area contributed by atoms with Crippen LogP contribution in [0.3, 0.4) is 0 Å². The van der Waals surface area contributed by atoms with Crippen molar-refractivity contribution in [2.45, 2.75) is 41.6 Å². The highest BCUT2D eigenvalue weighted by atomic mass is 32.2. The first-order valence-electron chi connectivity index (χ1n) is 10.6. The van der Waals surface area contributed by atoms with Gasteiger partial charge < -0.3 is 5.11 Å². The Kier molecular flexibility index (Phi) is 7.02. The molecule has 3 nitrogen and oxygen atoms in total. The Bertz CT molecular complexity index is 1070. The minimum Gasteiger partial charge on any atom is -0.388 e. The minimum atomic E-state index is -0.730. The Hall–Kier alpha value is -2.26. The highest BCUT2D eigenvalue weighted by Crippen LogP contribution is 2.41. The van der Waals surface area contributed by atoms with Crippen molar-refractivity contribution in [2.75, 3.05) is 12.0 Å². The number of pyridine rings is 1. The van der Waals surface area contributed by atoms with E-state index in [1.807, 2.05) is 66.7 Å². The fraction of sp³-hybridized carbons (Fsp3) is 0.308. The summed E-state index contributed by atoms with van der Waals surface area (Å²) >= 11 is 3.27. The van der Waals surface area contributed by atoms with Crippen molar-refractivity contribution >= 4 is 23.5 Å². The molecule has 0 aliphatic heterocycles. The van der Waals surface area contributed by atoms with Crippen LogP contribution in [-0.2, 0) is 0 Å². The Morgan fingerprint density at radius 2 is 1.74 bits per heavy atom. The molecule has 1 fully saturated rings. The maximum Gasteiger partial charge on any atom is 0.115 e. The monoisotopic (exact) mass is 446 g/mol. The molecule has 1 heterocycles. The van der Waals surface area contributed by atoms with Crippen molar-refractivity contribution in [3.05, 3.63) is 72.3 Å². The summed E-state index contributed by atoms with van der Waals surface area (Å²) in [6.45, 7) is 0. The van der Waals surface area contributed by atoms with E-state index in [0.29, 0.717) is 16.3 Å². The van der Waals surface area contributed by atoms with E-state index in [2.05, 4.69) is 12.3 Å². The van der Waals surface area contributed by atoms with Crippen LogP contribution in [0.25, 0.3) is 22.4 Å². The Morgan fingerprint density at radius 1 is 1.06 bits per heavy atom. The van der Waals surface area contributed by atoms with Crippen LogP contribution in [0, 0.1) is 11.3 Å².